The molecule has 2 rings (SSSR count). The van der Waals surface area contributed by atoms with Crippen LogP contribution < -0.4 is 0 Å². The van der Waals surface area contributed by atoms with E-state index < -0.39 is 0 Å². The normalized spacial score (nSPS) is 22.1. The Labute approximate surface area is 84.4 Å². The number of nitrogens with zero attached hydrogens (tertiary/aromatic N) is 2. The van der Waals surface area contributed by atoms with Crippen LogP contribution in [-0.2, 0) is 11.3 Å². The van der Waals surface area contributed by atoms with Crippen molar-refractivity contribution in [1.29, 1.82) is 0 Å². The highest BCUT2D eigenvalue weighted by atomic mass is 16.5. The molecule has 0 N–H and O–H groups in total. The molecule has 1 fully saturated rings. The highest BCUT2D eigenvalue weighted by molar-refractivity contribution is 5.43. The van der Waals surface area contributed by atoms with E-state index in [1.165, 1.54) is 12.8 Å². The summed E-state index contributed by atoms with van der Waals surface area (Å²) >= 11 is 0. The van der Waals surface area contributed by atoms with Crippen LogP contribution in [0.4, 0.5) is 0 Å². The third kappa shape index (κ3) is 2.23. The molecular formula is C11H16N2O. The summed E-state index contributed by atoms with van der Waals surface area (Å²) in [4.78, 5) is 0. The Morgan fingerprint density at radius 2 is 2.57 bits per heavy atom. The van der Waals surface area contributed by atoms with E-state index in [0.29, 0.717) is 6.10 Å². The summed E-state index contributed by atoms with van der Waals surface area (Å²) in [6, 6.07) is 0. The van der Waals surface area contributed by atoms with Crippen LogP contribution >= 0.6 is 0 Å². The van der Waals surface area contributed by atoms with Crippen LogP contribution in [0.1, 0.15) is 24.8 Å². The first-order chi connectivity index (χ1) is 6.88. The van der Waals surface area contributed by atoms with E-state index in [2.05, 4.69) is 11.7 Å². The molecule has 0 aromatic carbocycles. The Hall–Kier alpha value is -1.09. The van der Waals surface area contributed by atoms with Crippen molar-refractivity contribution < 1.29 is 4.74 Å². The summed E-state index contributed by atoms with van der Waals surface area (Å²) in [6.07, 6.45) is 9.63. The third-order valence-corrected chi connectivity index (χ3v) is 2.55. The summed E-state index contributed by atoms with van der Waals surface area (Å²) in [7, 11) is 0. The van der Waals surface area contributed by atoms with E-state index in [1.54, 1.807) is 0 Å². The molecular weight excluding hydrogens is 176 g/mol. The smallest absolute Gasteiger partial charge is 0.0770 e. The van der Waals surface area contributed by atoms with Gasteiger partial charge in [0.05, 0.1) is 18.8 Å². The molecule has 0 spiro atoms. The van der Waals surface area contributed by atoms with E-state index in [9.17, 15) is 0 Å². The minimum Gasteiger partial charge on any atom is -0.376 e. The number of hydrogen-bond donors (Lipinski definition) is 0. The van der Waals surface area contributed by atoms with E-state index in [4.69, 9.17) is 4.74 Å². The molecule has 2 heterocycles. The van der Waals surface area contributed by atoms with Crippen LogP contribution in [0.5, 0.6) is 0 Å². The number of hydrogen-bond acceptors (Lipinski definition) is 2. The molecule has 0 radical (unpaired) electrons. The van der Waals surface area contributed by atoms with Gasteiger partial charge in [0.15, 0.2) is 0 Å². The van der Waals surface area contributed by atoms with Crippen molar-refractivity contribution >= 4 is 6.08 Å². The standard InChI is InChI=1S/C11H16N2O/c1-2-10-7-12-13(8-10)9-11-5-3-4-6-14-11/h2,7-8,11H,1,3-6,9H2/t11-/m1/s1. The molecule has 0 saturated carbocycles. The van der Waals surface area contributed by atoms with Gasteiger partial charge < -0.3 is 4.74 Å². The Morgan fingerprint density at radius 1 is 1.64 bits per heavy atom. The van der Waals surface area contributed by atoms with Crippen LogP contribution in [0, 0.1) is 0 Å². The van der Waals surface area contributed by atoms with Gasteiger partial charge in [-0.05, 0) is 19.3 Å². The highest BCUT2D eigenvalue weighted by Crippen LogP contribution is 2.14. The quantitative estimate of drug-likeness (QED) is 0.733. The molecule has 1 aromatic rings. The second-order valence-electron chi connectivity index (χ2n) is 3.69. The van der Waals surface area contributed by atoms with Crippen molar-refractivity contribution in [3.05, 3.63) is 24.5 Å². The van der Waals surface area contributed by atoms with Gasteiger partial charge in [0, 0.05) is 18.4 Å². The Morgan fingerprint density at radius 3 is 3.21 bits per heavy atom. The molecule has 1 saturated heterocycles. The molecule has 0 bridgehead atoms. The van der Waals surface area contributed by atoms with E-state index in [1.807, 2.05) is 23.2 Å². The molecule has 3 heteroatoms. The van der Waals surface area contributed by atoms with Crippen LogP contribution in [0.15, 0.2) is 19.0 Å². The molecule has 3 nitrogen and oxygen atoms in total. The van der Waals surface area contributed by atoms with Crippen molar-refractivity contribution in [3.8, 4) is 0 Å². The Kier molecular flexibility index (Phi) is 2.99. The van der Waals surface area contributed by atoms with Gasteiger partial charge in [0.25, 0.3) is 0 Å². The first-order valence-electron chi connectivity index (χ1n) is 5.15. The lowest BCUT2D eigenvalue weighted by Gasteiger charge is -2.22. The molecule has 14 heavy (non-hydrogen) atoms. The fourth-order valence-electron chi connectivity index (χ4n) is 1.74. The predicted molar refractivity (Wildman–Crippen MR) is 55.9 cm³/mol. The number of aromatic nitrogens is 2. The summed E-state index contributed by atoms with van der Waals surface area (Å²) in [5, 5.41) is 4.25. The third-order valence-electron chi connectivity index (χ3n) is 2.55. The predicted octanol–water partition coefficient (Wildman–Crippen LogP) is 2.10. The fourth-order valence-corrected chi connectivity index (χ4v) is 1.74. The molecule has 0 unspecified atom stereocenters. The van der Waals surface area contributed by atoms with Crippen molar-refractivity contribution in [3.63, 3.8) is 0 Å². The zero-order chi connectivity index (χ0) is 9.80. The van der Waals surface area contributed by atoms with Gasteiger partial charge in [-0.3, -0.25) is 4.68 Å². The maximum Gasteiger partial charge on any atom is 0.0770 e. The van der Waals surface area contributed by atoms with Gasteiger partial charge in [-0.2, -0.15) is 5.10 Å². The van der Waals surface area contributed by atoms with E-state index in [-0.39, 0.29) is 0 Å². The number of rotatable bonds is 3. The lowest BCUT2D eigenvalue weighted by Crippen LogP contribution is -2.24. The van der Waals surface area contributed by atoms with Crippen molar-refractivity contribution in [1.82, 2.24) is 9.78 Å². The molecule has 1 aliphatic rings. The van der Waals surface area contributed by atoms with Gasteiger partial charge in [-0.15, -0.1) is 0 Å². The lowest BCUT2D eigenvalue weighted by molar-refractivity contribution is 0.00399. The zero-order valence-corrected chi connectivity index (χ0v) is 8.35. The Balaban J connectivity index is 1.92. The number of ether oxygens (including phenoxy) is 1. The van der Waals surface area contributed by atoms with E-state index >= 15 is 0 Å². The molecule has 76 valence electrons. The van der Waals surface area contributed by atoms with Gasteiger partial charge in [0.1, 0.15) is 0 Å². The summed E-state index contributed by atoms with van der Waals surface area (Å²) in [5.41, 5.74) is 1.07. The van der Waals surface area contributed by atoms with Crippen LogP contribution in [0.3, 0.4) is 0 Å². The highest BCUT2D eigenvalue weighted by Gasteiger charge is 2.14. The molecule has 1 aromatic heterocycles. The minimum atomic E-state index is 0.348. The van der Waals surface area contributed by atoms with Crippen LogP contribution in [-0.4, -0.2) is 22.5 Å². The average molecular weight is 192 g/mol. The topological polar surface area (TPSA) is 27.1 Å². The van der Waals surface area contributed by atoms with Crippen LogP contribution in [0.25, 0.3) is 6.08 Å². The lowest BCUT2D eigenvalue weighted by atomic mass is 10.1. The summed E-state index contributed by atoms with van der Waals surface area (Å²) < 4.78 is 7.58. The first kappa shape index (κ1) is 9.46. The second kappa shape index (κ2) is 4.42. The SMILES string of the molecule is C=Cc1cnn(C[C@H]2CCCCO2)c1. The molecule has 0 aliphatic carbocycles. The monoisotopic (exact) mass is 192 g/mol. The molecule has 1 aliphatic heterocycles. The van der Waals surface area contributed by atoms with E-state index in [0.717, 1.165) is 25.1 Å². The van der Waals surface area contributed by atoms with Crippen molar-refractivity contribution in [2.24, 2.45) is 0 Å². The molecule has 0 amide bonds. The van der Waals surface area contributed by atoms with Gasteiger partial charge in [-0.25, -0.2) is 0 Å². The minimum absolute atomic E-state index is 0.348. The fraction of sp³-hybridized carbons (Fsp3) is 0.545. The first-order valence-corrected chi connectivity index (χ1v) is 5.15. The van der Waals surface area contributed by atoms with Crippen molar-refractivity contribution in [2.75, 3.05) is 6.61 Å². The molecule has 1 atom stereocenters. The van der Waals surface area contributed by atoms with Crippen LogP contribution in [0.2, 0.25) is 0 Å². The summed E-state index contributed by atoms with van der Waals surface area (Å²) in [5.74, 6) is 0. The second-order valence-corrected chi connectivity index (χ2v) is 3.69. The largest absolute Gasteiger partial charge is 0.376 e. The maximum atomic E-state index is 5.64. The van der Waals surface area contributed by atoms with Gasteiger partial charge in [0.2, 0.25) is 0 Å². The van der Waals surface area contributed by atoms with Crippen molar-refractivity contribution in [2.45, 2.75) is 31.9 Å². The van der Waals surface area contributed by atoms with Gasteiger partial charge in [-0.1, -0.05) is 12.7 Å². The average Bonchev–Trinajstić information content (AvgIpc) is 2.67. The maximum absolute atomic E-state index is 5.64. The summed E-state index contributed by atoms with van der Waals surface area (Å²) in [6.45, 7) is 5.48. The Bertz CT molecular complexity index is 300. The van der Waals surface area contributed by atoms with Gasteiger partial charge >= 0.3 is 0 Å². The zero-order valence-electron chi connectivity index (χ0n) is 8.35.